The van der Waals surface area contributed by atoms with Crippen LogP contribution in [0.3, 0.4) is 0 Å². The number of thioether (sulfide) groups is 1. The molecule has 1 amide bonds. The number of nitrogens with one attached hydrogen (secondary N) is 1. The minimum Gasteiger partial charge on any atom is -0.431 e. The molecule has 0 spiro atoms. The number of nitrogens with zero attached hydrogens (tertiary/aromatic N) is 1. The predicted molar refractivity (Wildman–Crippen MR) is 99.4 cm³/mol. The number of anilines is 1. The summed E-state index contributed by atoms with van der Waals surface area (Å²) in [6, 6.07) is 12.0. The van der Waals surface area contributed by atoms with E-state index in [9.17, 15) is 9.59 Å². The fraction of sp³-hybridized carbons (Fsp3) is 0.167. The van der Waals surface area contributed by atoms with E-state index in [1.807, 2.05) is 0 Å². The first kappa shape index (κ1) is 17.5. The van der Waals surface area contributed by atoms with Gasteiger partial charge in [0.15, 0.2) is 11.4 Å². The number of amides is 1. The quantitative estimate of drug-likeness (QED) is 0.512. The Morgan fingerprint density at radius 3 is 2.80 bits per heavy atom. The van der Waals surface area contributed by atoms with Crippen LogP contribution in [0.25, 0.3) is 11.1 Å². The van der Waals surface area contributed by atoms with E-state index in [1.165, 1.54) is 18.7 Å². The number of Topliss-reactive ketones (excluding diaryl/α,β-unsaturated/α-hetero) is 1. The van der Waals surface area contributed by atoms with Crippen LogP contribution >= 0.6 is 23.4 Å². The molecule has 7 heteroatoms. The summed E-state index contributed by atoms with van der Waals surface area (Å²) in [5.41, 5.74) is 2.40. The number of benzene rings is 2. The lowest BCUT2D eigenvalue weighted by atomic mass is 10.1. The standard InChI is InChI=1S/C18H15ClN2O3S/c1-10(22)12-4-3-5-14(8-12)20-17(23)11(2)25-18-21-15-7-6-13(19)9-16(15)24-18/h3-9,11H,1-2H3,(H,20,23)/t11-/m1/s1. The normalized spacial score (nSPS) is 12.1. The molecular formula is C18H15ClN2O3S. The van der Waals surface area contributed by atoms with Crippen molar-refractivity contribution in [2.24, 2.45) is 0 Å². The lowest BCUT2D eigenvalue weighted by molar-refractivity contribution is -0.115. The molecule has 2 aromatic carbocycles. The molecule has 0 saturated carbocycles. The Morgan fingerprint density at radius 1 is 1.24 bits per heavy atom. The highest BCUT2D eigenvalue weighted by Crippen LogP contribution is 2.28. The summed E-state index contributed by atoms with van der Waals surface area (Å²) in [5.74, 6) is -0.255. The lowest BCUT2D eigenvalue weighted by Gasteiger charge is -2.10. The maximum absolute atomic E-state index is 12.4. The third-order valence-corrected chi connectivity index (χ3v) is 4.69. The Hall–Kier alpha value is -2.31. The Kier molecular flexibility index (Phi) is 5.11. The van der Waals surface area contributed by atoms with Crippen molar-refractivity contribution < 1.29 is 14.0 Å². The van der Waals surface area contributed by atoms with Crippen molar-refractivity contribution in [2.45, 2.75) is 24.3 Å². The van der Waals surface area contributed by atoms with Gasteiger partial charge >= 0.3 is 0 Å². The van der Waals surface area contributed by atoms with E-state index in [-0.39, 0.29) is 11.7 Å². The van der Waals surface area contributed by atoms with E-state index in [0.29, 0.717) is 32.6 Å². The first-order chi connectivity index (χ1) is 11.9. The molecule has 1 atom stereocenters. The number of fused-ring (bicyclic) bond motifs is 1. The molecule has 0 aliphatic heterocycles. The van der Waals surface area contributed by atoms with E-state index in [1.54, 1.807) is 49.4 Å². The molecule has 1 heterocycles. The molecule has 0 radical (unpaired) electrons. The topological polar surface area (TPSA) is 72.2 Å². The summed E-state index contributed by atoms with van der Waals surface area (Å²) >= 11 is 7.14. The highest BCUT2D eigenvalue weighted by molar-refractivity contribution is 8.00. The number of halogens is 1. The molecule has 1 N–H and O–H groups in total. The summed E-state index contributed by atoms with van der Waals surface area (Å²) in [7, 11) is 0. The number of rotatable bonds is 5. The predicted octanol–water partition coefficient (Wildman–Crippen LogP) is 4.80. The van der Waals surface area contributed by atoms with Crippen LogP contribution in [-0.2, 0) is 4.79 Å². The monoisotopic (exact) mass is 374 g/mol. The molecule has 0 aliphatic rings. The van der Waals surface area contributed by atoms with E-state index in [0.717, 1.165) is 0 Å². The van der Waals surface area contributed by atoms with Gasteiger partial charge in [0.1, 0.15) is 5.52 Å². The summed E-state index contributed by atoms with van der Waals surface area (Å²) in [4.78, 5) is 28.1. The van der Waals surface area contributed by atoms with Gasteiger partial charge in [0.25, 0.3) is 5.22 Å². The van der Waals surface area contributed by atoms with Gasteiger partial charge in [-0.2, -0.15) is 0 Å². The molecule has 3 aromatic rings. The van der Waals surface area contributed by atoms with E-state index >= 15 is 0 Å². The number of carbonyl (C=O) groups is 2. The maximum atomic E-state index is 12.4. The van der Waals surface area contributed by atoms with Gasteiger partial charge in [-0.05, 0) is 38.1 Å². The van der Waals surface area contributed by atoms with Gasteiger partial charge in [0, 0.05) is 22.3 Å². The molecule has 0 fully saturated rings. The van der Waals surface area contributed by atoms with Crippen LogP contribution < -0.4 is 5.32 Å². The zero-order chi connectivity index (χ0) is 18.0. The lowest BCUT2D eigenvalue weighted by Crippen LogP contribution is -2.22. The first-order valence-corrected chi connectivity index (χ1v) is 8.83. The summed E-state index contributed by atoms with van der Waals surface area (Å²) in [6.45, 7) is 3.25. The third-order valence-electron chi connectivity index (χ3n) is 3.51. The van der Waals surface area contributed by atoms with E-state index in [2.05, 4.69) is 10.3 Å². The summed E-state index contributed by atoms with van der Waals surface area (Å²) in [6.07, 6.45) is 0. The number of hydrogen-bond donors (Lipinski definition) is 1. The number of aromatic nitrogens is 1. The third kappa shape index (κ3) is 4.21. The molecule has 0 bridgehead atoms. The molecule has 5 nitrogen and oxygen atoms in total. The van der Waals surface area contributed by atoms with Crippen molar-refractivity contribution in [2.75, 3.05) is 5.32 Å². The molecule has 0 aliphatic carbocycles. The number of hydrogen-bond acceptors (Lipinski definition) is 5. The van der Waals surface area contributed by atoms with Gasteiger partial charge in [-0.15, -0.1) is 0 Å². The average Bonchev–Trinajstić information content (AvgIpc) is 2.96. The van der Waals surface area contributed by atoms with Crippen LogP contribution in [0.1, 0.15) is 24.2 Å². The molecule has 3 rings (SSSR count). The van der Waals surface area contributed by atoms with Crippen LogP contribution in [0.4, 0.5) is 5.69 Å². The van der Waals surface area contributed by atoms with Gasteiger partial charge in [0.2, 0.25) is 5.91 Å². The fourth-order valence-electron chi connectivity index (χ4n) is 2.19. The molecular weight excluding hydrogens is 360 g/mol. The fourth-order valence-corrected chi connectivity index (χ4v) is 3.11. The first-order valence-electron chi connectivity index (χ1n) is 7.57. The minimum absolute atomic E-state index is 0.0522. The number of oxazole rings is 1. The van der Waals surface area contributed by atoms with Crippen molar-refractivity contribution >= 4 is 51.8 Å². The highest BCUT2D eigenvalue weighted by atomic mass is 35.5. The van der Waals surface area contributed by atoms with Crippen molar-refractivity contribution in [3.8, 4) is 0 Å². The van der Waals surface area contributed by atoms with Crippen LogP contribution in [0.2, 0.25) is 5.02 Å². The van der Waals surface area contributed by atoms with Crippen LogP contribution in [-0.4, -0.2) is 21.9 Å². The zero-order valence-electron chi connectivity index (χ0n) is 13.6. The Labute approximate surface area is 153 Å². The second-order valence-corrected chi connectivity index (χ2v) is 7.21. The van der Waals surface area contributed by atoms with Crippen molar-refractivity contribution in [1.82, 2.24) is 4.98 Å². The van der Waals surface area contributed by atoms with Gasteiger partial charge in [-0.25, -0.2) is 4.98 Å². The second-order valence-electron chi connectivity index (χ2n) is 5.48. The second kappa shape index (κ2) is 7.29. The minimum atomic E-state index is -0.426. The Morgan fingerprint density at radius 2 is 2.04 bits per heavy atom. The molecule has 0 unspecified atom stereocenters. The molecule has 0 saturated heterocycles. The zero-order valence-corrected chi connectivity index (χ0v) is 15.1. The molecule has 128 valence electrons. The summed E-state index contributed by atoms with van der Waals surface area (Å²) in [5, 5.41) is 3.34. The molecule has 25 heavy (non-hydrogen) atoms. The average molecular weight is 375 g/mol. The van der Waals surface area contributed by atoms with E-state index < -0.39 is 5.25 Å². The van der Waals surface area contributed by atoms with Crippen molar-refractivity contribution in [1.29, 1.82) is 0 Å². The van der Waals surface area contributed by atoms with Gasteiger partial charge in [-0.3, -0.25) is 9.59 Å². The van der Waals surface area contributed by atoms with Crippen LogP contribution in [0.5, 0.6) is 0 Å². The summed E-state index contributed by atoms with van der Waals surface area (Å²) < 4.78 is 5.61. The number of carbonyl (C=O) groups excluding carboxylic acids is 2. The van der Waals surface area contributed by atoms with Crippen LogP contribution in [0, 0.1) is 0 Å². The Bertz CT molecular complexity index is 954. The molecule has 1 aromatic heterocycles. The SMILES string of the molecule is CC(=O)c1cccc(NC(=O)[C@@H](C)Sc2nc3ccc(Cl)cc3o2)c1. The largest absolute Gasteiger partial charge is 0.431 e. The van der Waals surface area contributed by atoms with Crippen molar-refractivity contribution in [3.63, 3.8) is 0 Å². The van der Waals surface area contributed by atoms with Gasteiger partial charge in [-0.1, -0.05) is 35.5 Å². The maximum Gasteiger partial charge on any atom is 0.257 e. The Balaban J connectivity index is 1.69. The van der Waals surface area contributed by atoms with Crippen molar-refractivity contribution in [3.05, 3.63) is 53.1 Å². The van der Waals surface area contributed by atoms with Gasteiger partial charge in [0.05, 0.1) is 5.25 Å². The van der Waals surface area contributed by atoms with Crippen LogP contribution in [0.15, 0.2) is 52.1 Å². The van der Waals surface area contributed by atoms with E-state index in [4.69, 9.17) is 16.0 Å². The smallest absolute Gasteiger partial charge is 0.257 e. The number of ketones is 1. The highest BCUT2D eigenvalue weighted by Gasteiger charge is 2.18. The van der Waals surface area contributed by atoms with Gasteiger partial charge < -0.3 is 9.73 Å².